The number of nitrogens with one attached hydrogen (secondary N) is 1. The second-order valence-corrected chi connectivity index (χ2v) is 8.45. The fourth-order valence-electron chi connectivity index (χ4n) is 4.17. The lowest BCUT2D eigenvalue weighted by atomic mass is 9.96. The molecule has 1 N–H and O–H groups in total. The quantitative estimate of drug-likeness (QED) is 0.832. The van der Waals surface area contributed by atoms with Gasteiger partial charge in [0.15, 0.2) is 0 Å². The first-order chi connectivity index (χ1) is 14.2. The topological polar surface area (TPSA) is 55.9 Å². The van der Waals surface area contributed by atoms with E-state index in [2.05, 4.69) is 34.5 Å². The number of rotatable bonds is 5. The Morgan fingerprint density at radius 2 is 1.72 bits per heavy atom. The molecule has 2 saturated heterocycles. The van der Waals surface area contributed by atoms with Gasteiger partial charge < -0.3 is 15.1 Å². The van der Waals surface area contributed by atoms with Crippen LogP contribution in [0.5, 0.6) is 0 Å². The zero-order valence-electron chi connectivity index (χ0n) is 17.1. The molecule has 2 heterocycles. The van der Waals surface area contributed by atoms with E-state index in [1.165, 1.54) is 5.56 Å². The molecule has 3 fully saturated rings. The minimum Gasteiger partial charge on any atom is -0.340 e. The molecule has 29 heavy (non-hydrogen) atoms. The predicted octanol–water partition coefficient (Wildman–Crippen LogP) is 2.43. The van der Waals surface area contributed by atoms with Gasteiger partial charge in [0, 0.05) is 51.9 Å². The second kappa shape index (κ2) is 9.44. The fraction of sp³-hybridized carbons (Fsp3) is 0.565. The largest absolute Gasteiger partial charge is 0.340 e. The third-order valence-corrected chi connectivity index (χ3v) is 6.12. The summed E-state index contributed by atoms with van der Waals surface area (Å²) in [4.78, 5) is 31.5. The predicted molar refractivity (Wildman–Crippen MR) is 114 cm³/mol. The van der Waals surface area contributed by atoms with Gasteiger partial charge in [-0.15, -0.1) is 0 Å². The van der Waals surface area contributed by atoms with E-state index in [4.69, 9.17) is 0 Å². The number of hydrogen-bond acceptors (Lipinski definition) is 3. The second-order valence-electron chi connectivity index (χ2n) is 8.45. The van der Waals surface area contributed by atoms with Crippen molar-refractivity contribution < 1.29 is 9.59 Å². The third-order valence-electron chi connectivity index (χ3n) is 6.12. The van der Waals surface area contributed by atoms with Crippen LogP contribution in [-0.4, -0.2) is 78.5 Å². The first-order valence-corrected chi connectivity index (χ1v) is 11.0. The maximum absolute atomic E-state index is 13.0. The van der Waals surface area contributed by atoms with E-state index in [0.717, 1.165) is 65.0 Å². The van der Waals surface area contributed by atoms with E-state index in [9.17, 15) is 9.59 Å². The number of benzene rings is 1. The Kier molecular flexibility index (Phi) is 6.49. The van der Waals surface area contributed by atoms with E-state index in [0.29, 0.717) is 12.6 Å². The zero-order chi connectivity index (χ0) is 20.1. The molecular formula is C23H32N4O2. The molecule has 2 aliphatic heterocycles. The molecular weight excluding hydrogens is 364 g/mol. The van der Waals surface area contributed by atoms with Gasteiger partial charge in [-0.05, 0) is 31.2 Å². The molecule has 0 spiro atoms. The van der Waals surface area contributed by atoms with Crippen molar-refractivity contribution in [3.63, 3.8) is 0 Å². The van der Waals surface area contributed by atoms with Crippen LogP contribution >= 0.6 is 0 Å². The first kappa shape index (κ1) is 20.0. The summed E-state index contributed by atoms with van der Waals surface area (Å²) in [5.74, 6) is 0.187. The standard InChI is InChI=1S/C23H32N4O2/c28-22(20-9-5-13-27(18-20)23(29)24-21-10-11-21)26-16-14-25(15-17-26)12-4-8-19-6-2-1-3-7-19/h1-4,6-8,20-21H,5,9-18H2,(H,24,29). The lowest BCUT2D eigenvalue weighted by molar-refractivity contribution is -0.138. The van der Waals surface area contributed by atoms with Crippen LogP contribution in [0.1, 0.15) is 31.2 Å². The van der Waals surface area contributed by atoms with Gasteiger partial charge in [-0.2, -0.15) is 0 Å². The molecule has 1 aromatic rings. The van der Waals surface area contributed by atoms with Crippen LogP contribution in [0.4, 0.5) is 4.79 Å². The highest BCUT2D eigenvalue weighted by atomic mass is 16.2. The maximum atomic E-state index is 13.0. The number of likely N-dealkylation sites (tertiary alicyclic amines) is 1. The molecule has 0 bridgehead atoms. The smallest absolute Gasteiger partial charge is 0.317 e. The van der Waals surface area contributed by atoms with Gasteiger partial charge in [0.25, 0.3) is 0 Å². The van der Waals surface area contributed by atoms with Crippen molar-refractivity contribution in [2.75, 3.05) is 45.8 Å². The van der Waals surface area contributed by atoms with Crippen molar-refractivity contribution in [2.45, 2.75) is 31.7 Å². The average molecular weight is 397 g/mol. The van der Waals surface area contributed by atoms with Crippen molar-refractivity contribution in [1.82, 2.24) is 20.0 Å². The van der Waals surface area contributed by atoms with Gasteiger partial charge >= 0.3 is 6.03 Å². The number of carbonyl (C=O) groups is 2. The molecule has 1 aliphatic carbocycles. The Morgan fingerprint density at radius 3 is 2.45 bits per heavy atom. The Bertz CT molecular complexity index is 724. The minimum absolute atomic E-state index is 0.0139. The molecule has 3 aliphatic rings. The summed E-state index contributed by atoms with van der Waals surface area (Å²) < 4.78 is 0. The highest BCUT2D eigenvalue weighted by Gasteiger charge is 2.34. The molecule has 156 valence electrons. The Labute approximate surface area is 173 Å². The van der Waals surface area contributed by atoms with Gasteiger partial charge in [-0.3, -0.25) is 9.69 Å². The SMILES string of the molecule is O=C(NC1CC1)N1CCCC(C(=O)N2CCN(CC=Cc3ccccc3)CC2)C1. The van der Waals surface area contributed by atoms with Crippen LogP contribution in [0.15, 0.2) is 36.4 Å². The summed E-state index contributed by atoms with van der Waals surface area (Å²) in [6.07, 6.45) is 8.34. The van der Waals surface area contributed by atoms with Gasteiger partial charge in [-0.1, -0.05) is 42.5 Å². The van der Waals surface area contributed by atoms with Crippen molar-refractivity contribution in [1.29, 1.82) is 0 Å². The summed E-state index contributed by atoms with van der Waals surface area (Å²) in [5.41, 5.74) is 1.22. The van der Waals surface area contributed by atoms with Crippen molar-refractivity contribution in [3.8, 4) is 0 Å². The fourth-order valence-corrected chi connectivity index (χ4v) is 4.17. The Morgan fingerprint density at radius 1 is 0.966 bits per heavy atom. The monoisotopic (exact) mass is 396 g/mol. The number of carbonyl (C=O) groups excluding carboxylic acids is 2. The molecule has 0 radical (unpaired) electrons. The molecule has 1 saturated carbocycles. The van der Waals surface area contributed by atoms with Gasteiger partial charge in [-0.25, -0.2) is 4.79 Å². The van der Waals surface area contributed by atoms with E-state index in [-0.39, 0.29) is 17.9 Å². The van der Waals surface area contributed by atoms with Gasteiger partial charge in [0.2, 0.25) is 5.91 Å². The minimum atomic E-state index is -0.0433. The highest BCUT2D eigenvalue weighted by molar-refractivity contribution is 5.81. The molecule has 6 heteroatoms. The van der Waals surface area contributed by atoms with Crippen molar-refractivity contribution in [3.05, 3.63) is 42.0 Å². The Balaban J connectivity index is 1.21. The van der Waals surface area contributed by atoms with Gasteiger partial charge in [0.1, 0.15) is 0 Å². The number of piperidine rings is 1. The van der Waals surface area contributed by atoms with Crippen LogP contribution in [0.3, 0.4) is 0 Å². The number of piperazine rings is 1. The summed E-state index contributed by atoms with van der Waals surface area (Å²) in [6.45, 7) is 5.62. The molecule has 1 aromatic carbocycles. The summed E-state index contributed by atoms with van der Waals surface area (Å²) in [6, 6.07) is 10.7. The van der Waals surface area contributed by atoms with Crippen LogP contribution in [0.25, 0.3) is 6.08 Å². The van der Waals surface area contributed by atoms with E-state index in [1.54, 1.807) is 0 Å². The zero-order valence-corrected chi connectivity index (χ0v) is 17.1. The first-order valence-electron chi connectivity index (χ1n) is 11.0. The number of hydrogen-bond donors (Lipinski definition) is 1. The normalized spacial score (nSPS) is 23.4. The summed E-state index contributed by atoms with van der Waals surface area (Å²) in [7, 11) is 0. The number of amides is 3. The van der Waals surface area contributed by atoms with Crippen molar-refractivity contribution in [2.24, 2.45) is 5.92 Å². The maximum Gasteiger partial charge on any atom is 0.317 e. The molecule has 0 aromatic heterocycles. The lowest BCUT2D eigenvalue weighted by Gasteiger charge is -2.38. The number of nitrogens with zero attached hydrogens (tertiary/aromatic N) is 3. The molecule has 1 unspecified atom stereocenters. The van der Waals surface area contributed by atoms with Crippen LogP contribution in [0.2, 0.25) is 0 Å². The van der Waals surface area contributed by atoms with Crippen LogP contribution in [-0.2, 0) is 4.79 Å². The summed E-state index contributed by atoms with van der Waals surface area (Å²) in [5, 5.41) is 3.05. The van der Waals surface area contributed by atoms with E-state index in [1.807, 2.05) is 28.0 Å². The number of urea groups is 1. The molecule has 4 rings (SSSR count). The average Bonchev–Trinajstić information content (AvgIpc) is 3.58. The molecule has 3 amide bonds. The van der Waals surface area contributed by atoms with E-state index >= 15 is 0 Å². The van der Waals surface area contributed by atoms with Crippen LogP contribution in [0, 0.1) is 5.92 Å². The highest BCUT2D eigenvalue weighted by Crippen LogP contribution is 2.22. The Hall–Kier alpha value is -2.34. The molecule has 1 atom stereocenters. The molecule has 6 nitrogen and oxygen atoms in total. The van der Waals surface area contributed by atoms with E-state index < -0.39 is 0 Å². The lowest BCUT2D eigenvalue weighted by Crippen LogP contribution is -2.54. The summed E-state index contributed by atoms with van der Waals surface area (Å²) >= 11 is 0. The van der Waals surface area contributed by atoms with Crippen LogP contribution < -0.4 is 5.32 Å². The third kappa shape index (κ3) is 5.60. The van der Waals surface area contributed by atoms with Gasteiger partial charge in [0.05, 0.1) is 5.92 Å². The van der Waals surface area contributed by atoms with Crippen molar-refractivity contribution >= 4 is 18.0 Å².